The minimum absolute atomic E-state index is 0.0176. The molecular formula is C20H24N2O3. The lowest BCUT2D eigenvalue weighted by Crippen LogP contribution is -2.26. The Kier molecular flexibility index (Phi) is 5.53. The summed E-state index contributed by atoms with van der Waals surface area (Å²) >= 11 is 0. The van der Waals surface area contributed by atoms with Gasteiger partial charge < -0.3 is 14.8 Å². The number of hydrogen-bond donors (Lipinski definition) is 1. The summed E-state index contributed by atoms with van der Waals surface area (Å²) in [5.74, 6) is 1.56. The van der Waals surface area contributed by atoms with Gasteiger partial charge in [0.25, 0.3) is 0 Å². The zero-order chi connectivity index (χ0) is 17.6. The molecule has 5 heteroatoms. The number of amides is 1. The zero-order valence-corrected chi connectivity index (χ0v) is 14.7. The van der Waals surface area contributed by atoms with Gasteiger partial charge in [0.1, 0.15) is 5.75 Å². The van der Waals surface area contributed by atoms with Gasteiger partial charge in [-0.25, -0.2) is 4.98 Å². The SMILES string of the molecule is COc1ccc(C(C(=O)Nc2ccc(OC)nc2)C2CCCC2)cc1. The molecule has 1 aliphatic carbocycles. The maximum Gasteiger partial charge on any atom is 0.232 e. The number of anilines is 1. The van der Waals surface area contributed by atoms with Crippen LogP contribution in [0.1, 0.15) is 37.2 Å². The van der Waals surface area contributed by atoms with E-state index >= 15 is 0 Å². The van der Waals surface area contributed by atoms with Gasteiger partial charge in [-0.1, -0.05) is 25.0 Å². The second-order valence-corrected chi connectivity index (χ2v) is 6.37. The van der Waals surface area contributed by atoms with Gasteiger partial charge >= 0.3 is 0 Å². The van der Waals surface area contributed by atoms with E-state index in [-0.39, 0.29) is 11.8 Å². The first-order chi connectivity index (χ1) is 12.2. The summed E-state index contributed by atoms with van der Waals surface area (Å²) < 4.78 is 10.3. The number of methoxy groups -OCH3 is 2. The van der Waals surface area contributed by atoms with Crippen LogP contribution in [0, 0.1) is 5.92 Å². The van der Waals surface area contributed by atoms with Gasteiger partial charge in [0.15, 0.2) is 0 Å². The van der Waals surface area contributed by atoms with E-state index < -0.39 is 0 Å². The molecular weight excluding hydrogens is 316 g/mol. The molecule has 5 nitrogen and oxygen atoms in total. The predicted molar refractivity (Wildman–Crippen MR) is 97.1 cm³/mol. The van der Waals surface area contributed by atoms with Gasteiger partial charge in [0.05, 0.1) is 32.0 Å². The molecule has 1 aliphatic rings. The lowest BCUT2D eigenvalue weighted by molar-refractivity contribution is -0.118. The first-order valence-electron chi connectivity index (χ1n) is 8.66. The monoisotopic (exact) mass is 340 g/mol. The lowest BCUT2D eigenvalue weighted by atomic mass is 9.84. The molecule has 1 aromatic carbocycles. The quantitative estimate of drug-likeness (QED) is 0.863. The highest BCUT2D eigenvalue weighted by molar-refractivity contribution is 5.96. The van der Waals surface area contributed by atoms with Crippen LogP contribution >= 0.6 is 0 Å². The van der Waals surface area contributed by atoms with E-state index in [4.69, 9.17) is 9.47 Å². The van der Waals surface area contributed by atoms with E-state index in [0.29, 0.717) is 17.5 Å². The molecule has 1 N–H and O–H groups in total. The smallest absolute Gasteiger partial charge is 0.232 e. The average Bonchev–Trinajstić information content (AvgIpc) is 3.17. The van der Waals surface area contributed by atoms with Crippen molar-refractivity contribution in [2.75, 3.05) is 19.5 Å². The molecule has 0 spiro atoms. The summed E-state index contributed by atoms with van der Waals surface area (Å²) in [4.78, 5) is 17.2. The number of benzene rings is 1. The fourth-order valence-corrected chi connectivity index (χ4v) is 3.53. The van der Waals surface area contributed by atoms with E-state index in [1.54, 1.807) is 26.5 Å². The standard InChI is InChI=1S/C20H24N2O3/c1-24-17-10-7-15(8-11-17)19(14-5-3-4-6-14)20(23)22-16-9-12-18(25-2)21-13-16/h7-14,19H,3-6H2,1-2H3,(H,22,23). The lowest BCUT2D eigenvalue weighted by Gasteiger charge is -2.23. The molecule has 1 unspecified atom stereocenters. The van der Waals surface area contributed by atoms with Gasteiger partial charge in [-0.2, -0.15) is 0 Å². The Hall–Kier alpha value is -2.56. The van der Waals surface area contributed by atoms with Crippen LogP contribution < -0.4 is 14.8 Å². The van der Waals surface area contributed by atoms with Crippen LogP contribution in [0.5, 0.6) is 11.6 Å². The summed E-state index contributed by atoms with van der Waals surface area (Å²) in [5, 5.41) is 3.01. The normalized spacial score (nSPS) is 15.6. The fourth-order valence-electron chi connectivity index (χ4n) is 3.53. The molecule has 1 amide bonds. The Morgan fingerprint density at radius 3 is 2.36 bits per heavy atom. The molecule has 1 saturated carbocycles. The molecule has 132 valence electrons. The molecule has 1 atom stereocenters. The summed E-state index contributed by atoms with van der Waals surface area (Å²) in [6.45, 7) is 0. The number of hydrogen-bond acceptors (Lipinski definition) is 4. The summed E-state index contributed by atoms with van der Waals surface area (Å²) in [7, 11) is 3.22. The maximum absolute atomic E-state index is 13.0. The van der Waals surface area contributed by atoms with Gasteiger partial charge in [-0.3, -0.25) is 4.79 Å². The molecule has 1 aromatic heterocycles. The molecule has 1 fully saturated rings. The third-order valence-electron chi connectivity index (χ3n) is 4.84. The molecule has 1 heterocycles. The number of ether oxygens (including phenoxy) is 2. The van der Waals surface area contributed by atoms with E-state index in [1.807, 2.05) is 30.3 Å². The molecule has 25 heavy (non-hydrogen) atoms. The van der Waals surface area contributed by atoms with Crippen molar-refractivity contribution in [3.8, 4) is 11.6 Å². The molecule has 2 aromatic rings. The molecule has 0 saturated heterocycles. The molecule has 3 rings (SSSR count). The largest absolute Gasteiger partial charge is 0.497 e. The second kappa shape index (κ2) is 8.01. The van der Waals surface area contributed by atoms with Crippen LogP contribution in [-0.2, 0) is 4.79 Å². The van der Waals surface area contributed by atoms with Crippen molar-refractivity contribution in [3.63, 3.8) is 0 Å². The van der Waals surface area contributed by atoms with Crippen molar-refractivity contribution < 1.29 is 14.3 Å². The van der Waals surface area contributed by atoms with Gasteiger partial charge in [0, 0.05) is 6.07 Å². The highest BCUT2D eigenvalue weighted by Crippen LogP contribution is 2.38. The van der Waals surface area contributed by atoms with Crippen LogP contribution in [-0.4, -0.2) is 25.1 Å². The van der Waals surface area contributed by atoms with E-state index in [9.17, 15) is 4.79 Å². The fraction of sp³-hybridized carbons (Fsp3) is 0.400. The minimum Gasteiger partial charge on any atom is -0.497 e. The number of aromatic nitrogens is 1. The summed E-state index contributed by atoms with van der Waals surface area (Å²) in [5.41, 5.74) is 1.72. The Balaban J connectivity index is 1.80. The van der Waals surface area contributed by atoms with Gasteiger partial charge in [0.2, 0.25) is 11.8 Å². The van der Waals surface area contributed by atoms with E-state index in [0.717, 1.165) is 24.2 Å². The average molecular weight is 340 g/mol. The van der Waals surface area contributed by atoms with Crippen molar-refractivity contribution in [2.24, 2.45) is 5.92 Å². The number of pyridine rings is 1. The Morgan fingerprint density at radius 2 is 1.80 bits per heavy atom. The Labute approximate surface area is 148 Å². The first kappa shape index (κ1) is 17.3. The third-order valence-corrected chi connectivity index (χ3v) is 4.84. The Bertz CT molecular complexity index is 692. The molecule has 0 bridgehead atoms. The van der Waals surface area contributed by atoms with Gasteiger partial charge in [-0.15, -0.1) is 0 Å². The van der Waals surface area contributed by atoms with Crippen LogP contribution in [0.25, 0.3) is 0 Å². The van der Waals surface area contributed by atoms with Crippen molar-refractivity contribution in [1.82, 2.24) is 4.98 Å². The number of nitrogens with zero attached hydrogens (tertiary/aromatic N) is 1. The number of nitrogens with one attached hydrogen (secondary N) is 1. The predicted octanol–water partition coefficient (Wildman–Crippen LogP) is 4.01. The number of rotatable bonds is 6. The minimum atomic E-state index is -0.157. The van der Waals surface area contributed by atoms with Crippen LogP contribution in [0.15, 0.2) is 42.6 Å². The summed E-state index contributed by atoms with van der Waals surface area (Å²) in [6, 6.07) is 11.4. The van der Waals surface area contributed by atoms with Crippen LogP contribution in [0.4, 0.5) is 5.69 Å². The second-order valence-electron chi connectivity index (χ2n) is 6.37. The van der Waals surface area contributed by atoms with E-state index in [2.05, 4.69) is 10.3 Å². The number of carbonyl (C=O) groups excluding carboxylic acids is 1. The number of carbonyl (C=O) groups is 1. The third kappa shape index (κ3) is 4.10. The van der Waals surface area contributed by atoms with Crippen LogP contribution in [0.2, 0.25) is 0 Å². The zero-order valence-electron chi connectivity index (χ0n) is 14.7. The highest BCUT2D eigenvalue weighted by Gasteiger charge is 2.32. The van der Waals surface area contributed by atoms with Crippen LogP contribution in [0.3, 0.4) is 0 Å². The van der Waals surface area contributed by atoms with Gasteiger partial charge in [-0.05, 0) is 42.5 Å². The van der Waals surface area contributed by atoms with Crippen molar-refractivity contribution in [2.45, 2.75) is 31.6 Å². The molecule has 0 radical (unpaired) electrons. The highest BCUT2D eigenvalue weighted by atomic mass is 16.5. The summed E-state index contributed by atoms with van der Waals surface area (Å²) in [6.07, 6.45) is 6.18. The Morgan fingerprint density at radius 1 is 1.08 bits per heavy atom. The topological polar surface area (TPSA) is 60.5 Å². The van der Waals surface area contributed by atoms with Crippen molar-refractivity contribution in [1.29, 1.82) is 0 Å². The molecule has 0 aliphatic heterocycles. The maximum atomic E-state index is 13.0. The van der Waals surface area contributed by atoms with Crippen molar-refractivity contribution in [3.05, 3.63) is 48.2 Å². The van der Waals surface area contributed by atoms with Crippen molar-refractivity contribution >= 4 is 11.6 Å². The van der Waals surface area contributed by atoms with E-state index in [1.165, 1.54) is 12.8 Å². The first-order valence-corrected chi connectivity index (χ1v) is 8.66.